The number of carbonyl (C=O) groups is 3. The Bertz CT molecular complexity index is 1690. The van der Waals surface area contributed by atoms with Gasteiger partial charge in [0.1, 0.15) is 11.9 Å². The normalized spacial score (nSPS) is 16.1. The van der Waals surface area contributed by atoms with Crippen LogP contribution in [0, 0.1) is 0 Å². The molecule has 47 heavy (non-hydrogen) atoms. The third-order valence-corrected chi connectivity index (χ3v) is 8.50. The van der Waals surface area contributed by atoms with Crippen molar-refractivity contribution in [3.63, 3.8) is 0 Å². The Hall–Kier alpha value is -5.29. The summed E-state index contributed by atoms with van der Waals surface area (Å²) in [5, 5.41) is 12.5. The van der Waals surface area contributed by atoms with Crippen molar-refractivity contribution in [1.82, 2.24) is 14.9 Å². The van der Waals surface area contributed by atoms with Crippen molar-refractivity contribution < 1.29 is 24.2 Å². The fourth-order valence-electron chi connectivity index (χ4n) is 6.03. The number of benzene rings is 2. The van der Waals surface area contributed by atoms with E-state index >= 15 is 0 Å². The predicted octanol–water partition coefficient (Wildman–Crippen LogP) is 4.70. The average Bonchev–Trinajstić information content (AvgIpc) is 3.66. The Balaban J connectivity index is 1.24. The van der Waals surface area contributed by atoms with Crippen LogP contribution in [0.1, 0.15) is 35.2 Å². The Morgan fingerprint density at radius 2 is 1.74 bits per heavy atom. The first-order chi connectivity index (χ1) is 22.9. The molecule has 4 aromatic rings. The van der Waals surface area contributed by atoms with Gasteiger partial charge in [0.2, 0.25) is 0 Å². The number of carboxylic acid groups (broad SMARTS) is 1. The van der Waals surface area contributed by atoms with E-state index < -0.39 is 12.1 Å². The topological polar surface area (TPSA) is 128 Å². The molecule has 6 rings (SSSR count). The molecule has 1 atom stereocenters. The van der Waals surface area contributed by atoms with Crippen LogP contribution in [0.15, 0.2) is 91.4 Å². The number of aliphatic carboxylic acids is 1. The van der Waals surface area contributed by atoms with Crippen LogP contribution in [0.2, 0.25) is 0 Å². The second-order valence-electron chi connectivity index (χ2n) is 11.7. The average molecular weight is 635 g/mol. The second kappa shape index (κ2) is 14.9. The molecule has 2 amide bonds. The van der Waals surface area contributed by atoms with E-state index in [-0.39, 0.29) is 31.3 Å². The summed E-state index contributed by atoms with van der Waals surface area (Å²) in [4.78, 5) is 52.5. The van der Waals surface area contributed by atoms with Crippen molar-refractivity contribution in [2.45, 2.75) is 31.9 Å². The number of carbonyl (C=O) groups excluding carboxylic acids is 2. The van der Waals surface area contributed by atoms with E-state index in [2.05, 4.69) is 31.2 Å². The largest absolute Gasteiger partial charge is 0.481 e. The number of rotatable bonds is 11. The zero-order chi connectivity index (χ0) is 32.6. The lowest BCUT2D eigenvalue weighted by Gasteiger charge is -2.37. The van der Waals surface area contributed by atoms with Crippen LogP contribution < -0.4 is 15.1 Å². The number of hydrogen-bond donors (Lipinski definition) is 2. The van der Waals surface area contributed by atoms with Crippen molar-refractivity contribution in [1.29, 1.82) is 0 Å². The highest BCUT2D eigenvalue weighted by molar-refractivity contribution is 5.98. The van der Waals surface area contributed by atoms with Crippen LogP contribution in [-0.4, -0.2) is 83.2 Å². The fraction of sp³-hybridized carbons (Fsp3) is 0.306. The van der Waals surface area contributed by atoms with Gasteiger partial charge >= 0.3 is 5.97 Å². The molecule has 0 spiro atoms. The first kappa shape index (κ1) is 31.7. The zero-order valence-electron chi connectivity index (χ0n) is 26.1. The summed E-state index contributed by atoms with van der Waals surface area (Å²) in [5.74, 6) is -0.447. The minimum Gasteiger partial charge on any atom is -0.481 e. The number of anilines is 3. The molecule has 2 aromatic carbocycles. The lowest BCUT2D eigenvalue weighted by atomic mass is 10.0. The smallest absolute Gasteiger partial charge is 0.305 e. The highest BCUT2D eigenvalue weighted by Gasteiger charge is 2.26. The number of piperazine rings is 1. The van der Waals surface area contributed by atoms with Crippen LogP contribution in [0.5, 0.6) is 0 Å². The molecule has 0 radical (unpaired) electrons. The van der Waals surface area contributed by atoms with Gasteiger partial charge in [0.05, 0.1) is 23.4 Å². The van der Waals surface area contributed by atoms with Gasteiger partial charge in [-0.15, -0.1) is 0 Å². The summed E-state index contributed by atoms with van der Waals surface area (Å²) in [5.41, 5.74) is 4.73. The van der Waals surface area contributed by atoms with Crippen LogP contribution in [0.4, 0.5) is 17.2 Å². The Morgan fingerprint density at radius 1 is 0.915 bits per heavy atom. The van der Waals surface area contributed by atoms with E-state index in [9.17, 15) is 19.5 Å². The van der Waals surface area contributed by atoms with E-state index in [1.165, 1.54) is 11.1 Å². The second-order valence-corrected chi connectivity index (χ2v) is 11.7. The van der Waals surface area contributed by atoms with Gasteiger partial charge in [-0.3, -0.25) is 19.4 Å². The van der Waals surface area contributed by atoms with E-state index in [0.717, 1.165) is 66.5 Å². The van der Waals surface area contributed by atoms with Gasteiger partial charge in [-0.1, -0.05) is 30.3 Å². The zero-order valence-corrected chi connectivity index (χ0v) is 26.1. The lowest BCUT2D eigenvalue weighted by Crippen LogP contribution is -2.47. The van der Waals surface area contributed by atoms with E-state index in [4.69, 9.17) is 4.74 Å². The van der Waals surface area contributed by atoms with E-state index in [1.807, 2.05) is 54.6 Å². The molecular formula is C36H38N6O5. The Labute approximate surface area is 273 Å². The molecule has 11 nitrogen and oxygen atoms in total. The van der Waals surface area contributed by atoms with Gasteiger partial charge in [-0.25, -0.2) is 4.98 Å². The van der Waals surface area contributed by atoms with Crippen molar-refractivity contribution in [3.8, 4) is 11.1 Å². The van der Waals surface area contributed by atoms with Crippen LogP contribution in [0.25, 0.3) is 11.1 Å². The number of carboxylic acids is 1. The summed E-state index contributed by atoms with van der Waals surface area (Å²) >= 11 is 0. The van der Waals surface area contributed by atoms with Crippen molar-refractivity contribution in [2.75, 3.05) is 54.4 Å². The quantitative estimate of drug-likeness (QED) is 0.241. The highest BCUT2D eigenvalue weighted by Crippen LogP contribution is 2.34. The van der Waals surface area contributed by atoms with Gasteiger partial charge in [0, 0.05) is 64.5 Å². The van der Waals surface area contributed by atoms with Gasteiger partial charge in [0.15, 0.2) is 0 Å². The van der Waals surface area contributed by atoms with Crippen molar-refractivity contribution in [3.05, 3.63) is 103 Å². The maximum Gasteiger partial charge on any atom is 0.305 e. The molecule has 11 heteroatoms. The molecule has 0 aliphatic carbocycles. The molecule has 242 valence electrons. The number of pyridine rings is 2. The summed E-state index contributed by atoms with van der Waals surface area (Å²) in [7, 11) is 0. The summed E-state index contributed by atoms with van der Waals surface area (Å²) < 4.78 is 5.68. The number of nitrogens with zero attached hydrogens (tertiary/aromatic N) is 5. The van der Waals surface area contributed by atoms with Crippen LogP contribution >= 0.6 is 0 Å². The van der Waals surface area contributed by atoms with Gasteiger partial charge < -0.3 is 29.9 Å². The molecule has 2 saturated heterocycles. The molecule has 2 fully saturated rings. The third-order valence-electron chi connectivity index (χ3n) is 8.50. The first-order valence-electron chi connectivity index (χ1n) is 15.9. The standard InChI is InChI=1S/C36H38N6O5/c43-34(44)13-16-42(36(46)29-8-4-14-37-24-29)25-26-6-3-7-27(22-26)28-11-12-31(30(23-28)39-35(45)32-9-5-21-47-32)40-17-19-41(20-18-40)33-10-1-2-15-38-33/h1-4,6-8,10-12,14-15,22-24,32H,5,9,13,16-21,25H2,(H,39,45)(H,43,44). The van der Waals surface area contributed by atoms with Gasteiger partial charge in [0.25, 0.3) is 11.8 Å². The molecule has 0 bridgehead atoms. The molecule has 1 unspecified atom stereocenters. The fourth-order valence-corrected chi connectivity index (χ4v) is 6.03. The maximum atomic E-state index is 13.3. The summed E-state index contributed by atoms with van der Waals surface area (Å²) in [6.45, 7) is 4.02. The number of ether oxygens (including phenoxy) is 1. The maximum absolute atomic E-state index is 13.3. The summed E-state index contributed by atoms with van der Waals surface area (Å²) in [6.07, 6.45) is 5.80. The molecule has 2 aromatic heterocycles. The molecular weight excluding hydrogens is 596 g/mol. The van der Waals surface area contributed by atoms with Crippen LogP contribution in [0.3, 0.4) is 0 Å². The van der Waals surface area contributed by atoms with Crippen molar-refractivity contribution in [2.24, 2.45) is 0 Å². The van der Waals surface area contributed by atoms with Crippen LogP contribution in [-0.2, 0) is 20.9 Å². The molecule has 2 aliphatic rings. The monoisotopic (exact) mass is 634 g/mol. The first-order valence-corrected chi connectivity index (χ1v) is 15.9. The van der Waals surface area contributed by atoms with Gasteiger partial charge in [-0.05, 0) is 72.0 Å². The molecule has 0 saturated carbocycles. The van der Waals surface area contributed by atoms with E-state index in [1.54, 1.807) is 24.5 Å². The highest BCUT2D eigenvalue weighted by atomic mass is 16.5. The number of hydrogen-bond acceptors (Lipinski definition) is 8. The number of aromatic nitrogens is 2. The molecule has 2 aliphatic heterocycles. The molecule has 4 heterocycles. The molecule has 2 N–H and O–H groups in total. The summed E-state index contributed by atoms with van der Waals surface area (Å²) in [6, 6.07) is 23.2. The number of nitrogens with one attached hydrogen (secondary N) is 1. The minimum atomic E-state index is -0.974. The SMILES string of the molecule is O=C(O)CCN(Cc1cccc(-c2ccc(N3CCN(c4ccccn4)CC3)c(NC(=O)C3CCCO3)c2)c1)C(=O)c1cccnc1. The Morgan fingerprint density at radius 3 is 2.47 bits per heavy atom. The Kier molecular flexibility index (Phi) is 10.0. The minimum absolute atomic E-state index is 0.0645. The third kappa shape index (κ3) is 7.93. The van der Waals surface area contributed by atoms with E-state index in [0.29, 0.717) is 18.6 Å². The van der Waals surface area contributed by atoms with Gasteiger partial charge in [-0.2, -0.15) is 0 Å². The lowest BCUT2D eigenvalue weighted by molar-refractivity contribution is -0.137. The van der Waals surface area contributed by atoms with Crippen molar-refractivity contribution >= 4 is 35.0 Å². The predicted molar refractivity (Wildman–Crippen MR) is 179 cm³/mol. The number of amides is 2.